The second-order valence-electron chi connectivity index (χ2n) is 8.15. The molecule has 176 valence electrons. The average molecular weight is 464 g/mol. The number of phenols is 1. The summed E-state index contributed by atoms with van der Waals surface area (Å²) < 4.78 is 10.8. The van der Waals surface area contributed by atoms with Gasteiger partial charge < -0.3 is 29.7 Å². The molecule has 2 aromatic carbocycles. The van der Waals surface area contributed by atoms with Crippen LogP contribution in [0.2, 0.25) is 0 Å². The predicted octanol–water partition coefficient (Wildman–Crippen LogP) is 2.96. The Morgan fingerprint density at radius 1 is 1.15 bits per heavy atom. The summed E-state index contributed by atoms with van der Waals surface area (Å²) in [4.78, 5) is 40.3. The second-order valence-corrected chi connectivity index (χ2v) is 8.15. The van der Waals surface area contributed by atoms with Crippen molar-refractivity contribution in [3.05, 3.63) is 69.2 Å². The van der Waals surface area contributed by atoms with Crippen LogP contribution in [0.3, 0.4) is 0 Å². The summed E-state index contributed by atoms with van der Waals surface area (Å²) in [6.07, 6.45) is 1.31. The first-order valence-corrected chi connectivity index (χ1v) is 10.6. The minimum Gasteiger partial charge on any atom is -0.508 e. The van der Waals surface area contributed by atoms with Crippen LogP contribution in [0, 0.1) is 13.8 Å². The third-order valence-corrected chi connectivity index (χ3v) is 6.02. The van der Waals surface area contributed by atoms with E-state index in [-0.39, 0.29) is 24.2 Å². The first kappa shape index (κ1) is 22.9. The van der Waals surface area contributed by atoms with Gasteiger partial charge in [-0.2, -0.15) is 0 Å². The van der Waals surface area contributed by atoms with E-state index in [0.717, 1.165) is 5.52 Å². The maximum absolute atomic E-state index is 12.8. The van der Waals surface area contributed by atoms with Crippen LogP contribution in [0.15, 0.2) is 45.7 Å². The lowest BCUT2D eigenvalue weighted by Gasteiger charge is -2.15. The number of aromatic amines is 1. The number of aromatic hydroxyl groups is 1. The van der Waals surface area contributed by atoms with E-state index in [0.29, 0.717) is 38.8 Å². The number of aromatic nitrogens is 1. The largest absolute Gasteiger partial charge is 0.508 e. The monoisotopic (exact) mass is 464 g/mol. The molecule has 0 aliphatic carbocycles. The van der Waals surface area contributed by atoms with Crippen molar-refractivity contribution in [2.24, 2.45) is 0 Å². The fourth-order valence-corrected chi connectivity index (χ4v) is 4.16. The number of amides is 1. The summed E-state index contributed by atoms with van der Waals surface area (Å²) in [6.45, 7) is 3.50. The number of carboxylic acid groups (broad SMARTS) is 1. The van der Waals surface area contributed by atoms with E-state index in [9.17, 15) is 24.6 Å². The molecule has 4 aromatic rings. The highest BCUT2D eigenvalue weighted by Crippen LogP contribution is 2.29. The third kappa shape index (κ3) is 4.19. The molecule has 9 nitrogen and oxygen atoms in total. The number of nitrogens with one attached hydrogen (secondary N) is 2. The Kier molecular flexibility index (Phi) is 6.02. The molecule has 2 heterocycles. The van der Waals surface area contributed by atoms with Gasteiger partial charge in [0.05, 0.1) is 19.1 Å². The summed E-state index contributed by atoms with van der Waals surface area (Å²) in [7, 11) is 1.52. The number of fused-ring (bicyclic) bond motifs is 2. The highest BCUT2D eigenvalue weighted by Gasteiger charge is 2.24. The Balaban J connectivity index is 1.58. The van der Waals surface area contributed by atoms with E-state index in [1.165, 1.54) is 19.2 Å². The Bertz CT molecular complexity index is 1480. The van der Waals surface area contributed by atoms with Gasteiger partial charge in [-0.1, -0.05) is 0 Å². The van der Waals surface area contributed by atoms with Gasteiger partial charge in [0.1, 0.15) is 23.1 Å². The van der Waals surface area contributed by atoms with Crippen molar-refractivity contribution in [1.82, 2.24) is 10.3 Å². The zero-order valence-electron chi connectivity index (χ0n) is 18.9. The molecule has 0 aliphatic rings. The van der Waals surface area contributed by atoms with Crippen LogP contribution >= 0.6 is 0 Å². The lowest BCUT2D eigenvalue weighted by atomic mass is 10.0. The van der Waals surface area contributed by atoms with E-state index in [1.54, 1.807) is 38.2 Å². The van der Waals surface area contributed by atoms with E-state index >= 15 is 0 Å². The van der Waals surface area contributed by atoms with Crippen LogP contribution in [0.5, 0.6) is 11.5 Å². The number of benzene rings is 2. The Labute approximate surface area is 194 Å². The maximum Gasteiger partial charge on any atom is 0.340 e. The van der Waals surface area contributed by atoms with Gasteiger partial charge in [0.15, 0.2) is 0 Å². The van der Waals surface area contributed by atoms with Gasteiger partial charge >= 0.3 is 11.6 Å². The van der Waals surface area contributed by atoms with Crippen molar-refractivity contribution in [2.75, 3.05) is 7.11 Å². The topological polar surface area (TPSA) is 142 Å². The third-order valence-electron chi connectivity index (χ3n) is 6.02. The van der Waals surface area contributed by atoms with Gasteiger partial charge in [-0.25, -0.2) is 9.59 Å². The van der Waals surface area contributed by atoms with Crippen LogP contribution in [0.25, 0.3) is 21.9 Å². The molecule has 1 atom stereocenters. The van der Waals surface area contributed by atoms with Crippen molar-refractivity contribution in [1.29, 1.82) is 0 Å². The zero-order chi connectivity index (χ0) is 24.6. The van der Waals surface area contributed by atoms with Crippen LogP contribution in [-0.4, -0.2) is 40.2 Å². The number of hydrogen-bond donors (Lipinski definition) is 4. The Hall–Kier alpha value is -4.27. The number of phenolic OH excluding ortho intramolecular Hbond substituents is 1. The number of H-pyrrole nitrogens is 1. The van der Waals surface area contributed by atoms with E-state index < -0.39 is 23.5 Å². The number of aliphatic carboxylic acids is 1. The second kappa shape index (κ2) is 8.93. The molecule has 1 amide bonds. The fourth-order valence-electron chi connectivity index (χ4n) is 4.16. The number of ether oxygens (including phenoxy) is 1. The van der Waals surface area contributed by atoms with Crippen molar-refractivity contribution in [2.45, 2.75) is 32.7 Å². The van der Waals surface area contributed by atoms with Gasteiger partial charge in [0.25, 0.3) is 0 Å². The maximum atomic E-state index is 12.8. The molecular formula is C25H24N2O7. The molecule has 0 radical (unpaired) electrons. The predicted molar refractivity (Wildman–Crippen MR) is 125 cm³/mol. The SMILES string of the molecule is COc1ccc2c(C)c(CC(=O)NC(Cc3c[nH]c4ccc(O)cc34)C(=O)O)c(=O)oc2c1C. The summed E-state index contributed by atoms with van der Waals surface area (Å²) in [5.41, 5.74) is 2.52. The summed E-state index contributed by atoms with van der Waals surface area (Å²) in [5.74, 6) is -1.20. The molecule has 4 N–H and O–H groups in total. The Morgan fingerprint density at radius 3 is 2.62 bits per heavy atom. The van der Waals surface area contributed by atoms with Gasteiger partial charge in [-0.15, -0.1) is 0 Å². The summed E-state index contributed by atoms with van der Waals surface area (Å²) >= 11 is 0. The van der Waals surface area contributed by atoms with Crippen molar-refractivity contribution in [3.63, 3.8) is 0 Å². The zero-order valence-corrected chi connectivity index (χ0v) is 18.9. The van der Waals surface area contributed by atoms with Crippen LogP contribution in [-0.2, 0) is 22.4 Å². The number of aryl methyl sites for hydroxylation is 2. The first-order chi connectivity index (χ1) is 16.2. The number of carboxylic acids is 1. The van der Waals surface area contributed by atoms with E-state index in [2.05, 4.69) is 10.3 Å². The molecule has 0 bridgehead atoms. The van der Waals surface area contributed by atoms with Gasteiger partial charge in [-0.3, -0.25) is 4.79 Å². The number of rotatable bonds is 7. The molecule has 34 heavy (non-hydrogen) atoms. The number of methoxy groups -OCH3 is 1. The van der Waals surface area contributed by atoms with Crippen LogP contribution < -0.4 is 15.7 Å². The van der Waals surface area contributed by atoms with E-state index in [4.69, 9.17) is 9.15 Å². The highest BCUT2D eigenvalue weighted by molar-refractivity contribution is 5.90. The minimum absolute atomic E-state index is 0.00513. The molecule has 0 aliphatic heterocycles. The van der Waals surface area contributed by atoms with Gasteiger partial charge in [-0.05, 0) is 55.3 Å². The molecular weight excluding hydrogens is 440 g/mol. The molecule has 0 saturated carbocycles. The van der Waals surface area contributed by atoms with Crippen molar-refractivity contribution in [3.8, 4) is 11.5 Å². The standard InChI is InChI=1S/C25H24N2O7/c1-12-16-5-7-21(33-3)13(2)23(16)34-25(32)17(12)10-22(29)27-20(24(30)31)8-14-11-26-19-6-4-15(28)9-18(14)19/h4-7,9,11,20,26,28H,8,10H2,1-3H3,(H,27,29)(H,30,31). The quantitative estimate of drug-likeness (QED) is 0.308. The van der Waals surface area contributed by atoms with E-state index in [1.807, 2.05) is 0 Å². The lowest BCUT2D eigenvalue weighted by molar-refractivity contribution is -0.141. The number of carbonyl (C=O) groups excluding carboxylic acids is 1. The molecule has 4 rings (SSSR count). The summed E-state index contributed by atoms with van der Waals surface area (Å²) in [6, 6.07) is 7.02. The molecule has 0 spiro atoms. The Morgan fingerprint density at radius 2 is 1.91 bits per heavy atom. The normalized spacial score (nSPS) is 12.1. The molecule has 0 saturated heterocycles. The number of hydrogen-bond acceptors (Lipinski definition) is 6. The minimum atomic E-state index is -1.23. The fraction of sp³-hybridized carbons (Fsp3) is 0.240. The van der Waals surface area contributed by atoms with Crippen LogP contribution in [0.1, 0.15) is 22.3 Å². The average Bonchev–Trinajstić information content (AvgIpc) is 3.18. The number of carbonyl (C=O) groups is 2. The molecule has 2 aromatic heterocycles. The van der Waals surface area contributed by atoms with Crippen molar-refractivity contribution < 1.29 is 29.0 Å². The lowest BCUT2D eigenvalue weighted by Crippen LogP contribution is -2.43. The molecule has 1 unspecified atom stereocenters. The summed E-state index contributed by atoms with van der Waals surface area (Å²) in [5, 5.41) is 23.3. The van der Waals surface area contributed by atoms with Crippen LogP contribution in [0.4, 0.5) is 0 Å². The van der Waals surface area contributed by atoms with Crippen molar-refractivity contribution >= 4 is 33.7 Å². The van der Waals surface area contributed by atoms with Gasteiger partial charge in [0.2, 0.25) is 5.91 Å². The first-order valence-electron chi connectivity index (χ1n) is 10.6. The van der Waals surface area contributed by atoms with Gasteiger partial charge in [0, 0.05) is 34.5 Å². The smallest absolute Gasteiger partial charge is 0.340 e. The molecule has 0 fully saturated rings. The molecule has 9 heteroatoms. The highest BCUT2D eigenvalue weighted by atomic mass is 16.5.